The van der Waals surface area contributed by atoms with Gasteiger partial charge in [-0.25, -0.2) is 0 Å². The molecule has 2 heteroatoms. The Morgan fingerprint density at radius 2 is 1.00 bits per heavy atom. The number of fused-ring (bicyclic) bond motifs is 15. The molecule has 2 nitrogen and oxygen atoms in total. The van der Waals surface area contributed by atoms with Gasteiger partial charge in [-0.1, -0.05) is 164 Å². The lowest BCUT2D eigenvalue weighted by atomic mass is 9.70. The van der Waals surface area contributed by atoms with E-state index < -0.39 is 5.41 Å². The first-order chi connectivity index (χ1) is 27.7. The summed E-state index contributed by atoms with van der Waals surface area (Å²) in [5, 5.41) is 4.53. The van der Waals surface area contributed by atoms with E-state index in [1.54, 1.807) is 0 Å². The minimum absolute atomic E-state index is 0.443. The zero-order chi connectivity index (χ0) is 37.0. The Balaban J connectivity index is 1.20. The third-order valence-corrected chi connectivity index (χ3v) is 12.4. The van der Waals surface area contributed by atoms with Gasteiger partial charge >= 0.3 is 0 Å². The third kappa shape index (κ3) is 4.11. The number of furan rings is 1. The molecule has 0 atom stereocenters. The third-order valence-electron chi connectivity index (χ3n) is 12.4. The van der Waals surface area contributed by atoms with Crippen LogP contribution in [0.3, 0.4) is 0 Å². The van der Waals surface area contributed by atoms with Crippen molar-refractivity contribution in [2.45, 2.75) is 12.3 Å². The Morgan fingerprint density at radius 1 is 0.429 bits per heavy atom. The molecule has 0 aliphatic heterocycles. The van der Waals surface area contributed by atoms with Crippen molar-refractivity contribution < 1.29 is 4.42 Å². The molecule has 0 radical (unpaired) electrons. The second-order valence-corrected chi connectivity index (χ2v) is 15.2. The van der Waals surface area contributed by atoms with Gasteiger partial charge in [-0.05, 0) is 92.9 Å². The molecule has 12 rings (SSSR count). The Bertz CT molecular complexity index is 3160. The highest BCUT2D eigenvalue weighted by atomic mass is 16.3. The standard InChI is InChI=1S/C54H35NO/c1-34-15-13-28-50-51(34)43-33-49(40-20-5-6-21-41(40)53(43)56-50)55(37-31-29-36(30-32-37)35-16-3-2-4-17-35)48-27-14-26-47-52(48)42-22-9-12-25-46(42)54(47)44-23-10-7-18-38(44)39-19-8-11-24-45(39)54/h2-33H,1H3. The first kappa shape index (κ1) is 31.2. The zero-order valence-corrected chi connectivity index (χ0v) is 30.8. The quantitative estimate of drug-likeness (QED) is 0.181. The van der Waals surface area contributed by atoms with Crippen LogP contribution in [-0.4, -0.2) is 0 Å². The summed E-state index contributed by atoms with van der Waals surface area (Å²) < 4.78 is 6.69. The predicted octanol–water partition coefficient (Wildman–Crippen LogP) is 14.5. The fraction of sp³-hybridized carbons (Fsp3) is 0.0370. The molecule has 0 fully saturated rings. The maximum atomic E-state index is 6.69. The zero-order valence-electron chi connectivity index (χ0n) is 30.8. The Hall–Kier alpha value is -7.16. The topological polar surface area (TPSA) is 16.4 Å². The van der Waals surface area contributed by atoms with Crippen LogP contribution in [0, 0.1) is 6.92 Å². The summed E-state index contributed by atoms with van der Waals surface area (Å²) in [4.78, 5) is 2.51. The highest BCUT2D eigenvalue weighted by Crippen LogP contribution is 2.64. The number of hydrogen-bond donors (Lipinski definition) is 0. The largest absolute Gasteiger partial charge is 0.455 e. The van der Waals surface area contributed by atoms with E-state index in [0.29, 0.717) is 0 Å². The Morgan fingerprint density at radius 3 is 1.73 bits per heavy atom. The van der Waals surface area contributed by atoms with E-state index in [-0.39, 0.29) is 0 Å². The molecule has 2 aliphatic rings. The molecule has 2 aliphatic carbocycles. The van der Waals surface area contributed by atoms with Crippen LogP contribution in [0.15, 0.2) is 199 Å². The summed E-state index contributed by atoms with van der Waals surface area (Å²) >= 11 is 0. The number of benzene rings is 9. The summed E-state index contributed by atoms with van der Waals surface area (Å²) in [6.45, 7) is 2.18. The first-order valence-corrected chi connectivity index (χ1v) is 19.4. The van der Waals surface area contributed by atoms with Gasteiger partial charge in [0.2, 0.25) is 0 Å². The van der Waals surface area contributed by atoms with Crippen molar-refractivity contribution in [3.8, 4) is 33.4 Å². The van der Waals surface area contributed by atoms with Crippen molar-refractivity contribution in [3.63, 3.8) is 0 Å². The summed E-state index contributed by atoms with van der Waals surface area (Å²) in [5.74, 6) is 0. The Kier molecular flexibility index (Phi) is 6.50. The van der Waals surface area contributed by atoms with Crippen molar-refractivity contribution in [1.29, 1.82) is 0 Å². The molecule has 0 unspecified atom stereocenters. The van der Waals surface area contributed by atoms with Gasteiger partial charge in [0.15, 0.2) is 0 Å². The summed E-state index contributed by atoms with van der Waals surface area (Å²) in [5.41, 5.74) is 18.8. The lowest BCUT2D eigenvalue weighted by molar-refractivity contribution is 0.672. The van der Waals surface area contributed by atoms with Gasteiger partial charge in [0, 0.05) is 32.8 Å². The molecule has 0 bridgehead atoms. The molecule has 262 valence electrons. The highest BCUT2D eigenvalue weighted by Gasteiger charge is 2.52. The minimum atomic E-state index is -0.443. The molecule has 0 saturated heterocycles. The molecule has 0 amide bonds. The number of rotatable bonds is 4. The first-order valence-electron chi connectivity index (χ1n) is 19.4. The maximum absolute atomic E-state index is 6.69. The van der Waals surface area contributed by atoms with E-state index in [9.17, 15) is 0 Å². The molecule has 1 aromatic heterocycles. The van der Waals surface area contributed by atoms with Gasteiger partial charge in [-0.3, -0.25) is 0 Å². The highest BCUT2D eigenvalue weighted by molar-refractivity contribution is 6.20. The number of nitrogens with zero attached hydrogens (tertiary/aromatic N) is 1. The smallest absolute Gasteiger partial charge is 0.143 e. The van der Waals surface area contributed by atoms with Crippen LogP contribution < -0.4 is 4.90 Å². The minimum Gasteiger partial charge on any atom is -0.455 e. The van der Waals surface area contributed by atoms with Crippen LogP contribution in [0.25, 0.3) is 66.1 Å². The average Bonchev–Trinajstić information content (AvgIpc) is 3.90. The van der Waals surface area contributed by atoms with Crippen molar-refractivity contribution in [2.75, 3.05) is 4.90 Å². The monoisotopic (exact) mass is 713 g/mol. The van der Waals surface area contributed by atoms with Crippen molar-refractivity contribution >= 4 is 49.8 Å². The number of aryl methyl sites for hydroxylation is 1. The number of hydrogen-bond acceptors (Lipinski definition) is 2. The molecule has 9 aromatic carbocycles. The van der Waals surface area contributed by atoms with Crippen LogP contribution in [0.5, 0.6) is 0 Å². The average molecular weight is 714 g/mol. The molecule has 0 N–H and O–H groups in total. The maximum Gasteiger partial charge on any atom is 0.143 e. The van der Waals surface area contributed by atoms with Crippen LogP contribution in [0.1, 0.15) is 27.8 Å². The second-order valence-electron chi connectivity index (χ2n) is 15.2. The van der Waals surface area contributed by atoms with Gasteiger partial charge in [-0.2, -0.15) is 0 Å². The van der Waals surface area contributed by atoms with Crippen LogP contribution >= 0.6 is 0 Å². The second kappa shape index (κ2) is 11.7. The van der Waals surface area contributed by atoms with Gasteiger partial charge in [-0.15, -0.1) is 0 Å². The van der Waals surface area contributed by atoms with E-state index in [0.717, 1.165) is 49.8 Å². The molecular formula is C54H35NO. The summed E-state index contributed by atoms with van der Waals surface area (Å²) in [7, 11) is 0. The van der Waals surface area contributed by atoms with Gasteiger partial charge in [0.1, 0.15) is 11.2 Å². The fourth-order valence-electron chi connectivity index (χ4n) is 10.1. The fourth-order valence-corrected chi connectivity index (χ4v) is 10.1. The van der Waals surface area contributed by atoms with Crippen molar-refractivity contribution in [3.05, 3.63) is 222 Å². The van der Waals surface area contributed by atoms with Gasteiger partial charge in [0.25, 0.3) is 0 Å². The Labute approximate surface area is 325 Å². The summed E-state index contributed by atoms with van der Waals surface area (Å²) in [6.07, 6.45) is 0. The molecule has 1 heterocycles. The van der Waals surface area contributed by atoms with Gasteiger partial charge < -0.3 is 9.32 Å². The SMILES string of the molecule is Cc1cccc2oc3c4ccccc4c(N(c4ccc(-c5ccccc5)cc4)c4cccc5c4-c4ccccc4C54c5ccccc5-c5ccccc54)cc3c12. The normalized spacial score (nSPS) is 13.2. The summed E-state index contributed by atoms with van der Waals surface area (Å²) in [6, 6.07) is 71.3. The predicted molar refractivity (Wildman–Crippen MR) is 232 cm³/mol. The molecule has 56 heavy (non-hydrogen) atoms. The van der Waals surface area contributed by atoms with E-state index in [1.807, 2.05) is 0 Å². The number of anilines is 3. The van der Waals surface area contributed by atoms with Crippen molar-refractivity contribution in [2.24, 2.45) is 0 Å². The lowest BCUT2D eigenvalue weighted by Crippen LogP contribution is -2.26. The van der Waals surface area contributed by atoms with Gasteiger partial charge in [0.05, 0.1) is 16.8 Å². The van der Waals surface area contributed by atoms with E-state index in [4.69, 9.17) is 4.42 Å². The van der Waals surface area contributed by atoms with Crippen LogP contribution in [-0.2, 0) is 5.41 Å². The van der Waals surface area contributed by atoms with E-state index >= 15 is 0 Å². The van der Waals surface area contributed by atoms with Crippen molar-refractivity contribution in [1.82, 2.24) is 0 Å². The van der Waals surface area contributed by atoms with Crippen LogP contribution in [0.2, 0.25) is 0 Å². The van der Waals surface area contributed by atoms with Crippen LogP contribution in [0.4, 0.5) is 17.1 Å². The molecule has 1 spiro atoms. The van der Waals surface area contributed by atoms with E-state index in [2.05, 4.69) is 206 Å². The van der Waals surface area contributed by atoms with E-state index in [1.165, 1.54) is 61.2 Å². The molecular weight excluding hydrogens is 679 g/mol. The molecule has 10 aromatic rings. The molecule has 0 saturated carbocycles. The lowest BCUT2D eigenvalue weighted by Gasteiger charge is -2.32.